The second-order valence-corrected chi connectivity index (χ2v) is 8.11. The van der Waals surface area contributed by atoms with Gasteiger partial charge in [0.25, 0.3) is 0 Å². The lowest BCUT2D eigenvalue weighted by Crippen LogP contribution is -2.58. The molecule has 30 heavy (non-hydrogen) atoms. The first-order valence-electron chi connectivity index (χ1n) is 11.6. The van der Waals surface area contributed by atoms with Crippen LogP contribution in [-0.4, -0.2) is 73.9 Å². The topological polar surface area (TPSA) is 148 Å². The highest BCUT2D eigenvalue weighted by molar-refractivity contribution is 5.66. The summed E-state index contributed by atoms with van der Waals surface area (Å²) in [5.74, 6) is -0.655. The summed E-state index contributed by atoms with van der Waals surface area (Å²) in [5, 5.41) is 53.1. The van der Waals surface area contributed by atoms with Crippen LogP contribution in [0.4, 0.5) is 0 Å². The first-order chi connectivity index (χ1) is 14.3. The van der Waals surface area contributed by atoms with E-state index in [2.05, 4.69) is 11.7 Å². The monoisotopic (exact) mass is 436 g/mol. The molecule has 6 N–H and O–H groups in total. The normalized spacial score (nSPS) is 26.1. The molecule has 8 nitrogen and oxygen atoms in total. The number of ether oxygens (including phenoxy) is 1. The fourth-order valence-corrected chi connectivity index (χ4v) is 3.38. The summed E-state index contributed by atoms with van der Waals surface area (Å²) in [7, 11) is 0. The van der Waals surface area contributed by atoms with Crippen molar-refractivity contribution in [2.75, 3.05) is 6.61 Å². The Labute approximate surface area is 180 Å². The van der Waals surface area contributed by atoms with Crippen molar-refractivity contribution in [1.29, 1.82) is 0 Å². The van der Waals surface area contributed by atoms with Crippen molar-refractivity contribution in [3.05, 3.63) is 0 Å². The molecule has 0 spiro atoms. The smallest absolute Gasteiger partial charge is 0.303 e. The lowest BCUT2D eigenvalue weighted by Gasteiger charge is -2.37. The fourth-order valence-electron chi connectivity index (χ4n) is 3.38. The quantitative estimate of drug-likeness (QED) is 0.214. The Balaban J connectivity index is 0.000000604. The SMILES string of the molecule is CCCCCCCCCCCCCCCC(=O)O.OC[C@H]1OC(O)[C@H](O)[C@@H](O)[C@H]1O. The molecule has 1 heterocycles. The van der Waals surface area contributed by atoms with E-state index >= 15 is 0 Å². The summed E-state index contributed by atoms with van der Waals surface area (Å²) >= 11 is 0. The third-order valence-corrected chi connectivity index (χ3v) is 5.36. The van der Waals surface area contributed by atoms with E-state index < -0.39 is 43.3 Å². The minimum Gasteiger partial charge on any atom is -0.481 e. The van der Waals surface area contributed by atoms with Crippen LogP contribution in [0, 0.1) is 0 Å². The van der Waals surface area contributed by atoms with Crippen LogP contribution in [0.2, 0.25) is 0 Å². The van der Waals surface area contributed by atoms with Gasteiger partial charge < -0.3 is 35.4 Å². The Morgan fingerprint density at radius 3 is 1.53 bits per heavy atom. The average molecular weight is 437 g/mol. The molecule has 0 aromatic rings. The summed E-state index contributed by atoms with van der Waals surface area (Å²) < 4.78 is 4.58. The zero-order valence-corrected chi connectivity index (χ0v) is 18.5. The van der Waals surface area contributed by atoms with Crippen molar-refractivity contribution >= 4 is 5.97 Å². The number of hydrogen-bond acceptors (Lipinski definition) is 7. The number of aliphatic hydroxyl groups excluding tert-OH is 5. The Kier molecular flexibility index (Phi) is 18.5. The van der Waals surface area contributed by atoms with Gasteiger partial charge in [-0.05, 0) is 6.42 Å². The average Bonchev–Trinajstić information content (AvgIpc) is 2.72. The van der Waals surface area contributed by atoms with Crippen LogP contribution in [0.3, 0.4) is 0 Å². The first kappa shape index (κ1) is 29.2. The third kappa shape index (κ3) is 14.3. The van der Waals surface area contributed by atoms with Crippen LogP contribution in [0.25, 0.3) is 0 Å². The third-order valence-electron chi connectivity index (χ3n) is 5.36. The molecule has 1 rings (SSSR count). The van der Waals surface area contributed by atoms with Gasteiger partial charge in [-0.25, -0.2) is 0 Å². The Morgan fingerprint density at radius 1 is 0.700 bits per heavy atom. The summed E-state index contributed by atoms with van der Waals surface area (Å²) in [6.07, 6.45) is 10.2. The minimum atomic E-state index is -1.57. The summed E-state index contributed by atoms with van der Waals surface area (Å²) in [6.45, 7) is 1.73. The standard InChI is InChI=1S/C16H32O2.C6H12O6/c1-2-3-4-5-6-7-8-9-10-11-12-13-14-15-16(17)18;7-1-2-3(8)4(9)5(10)6(11)12-2/h2-15H2,1H3,(H,17,18);2-11H,1H2/t;2-,3+,4+,5-,6?/m.1/s1. The number of aliphatic hydroxyl groups is 5. The van der Waals surface area contributed by atoms with Gasteiger partial charge in [-0.2, -0.15) is 0 Å². The molecule has 1 unspecified atom stereocenters. The molecule has 1 fully saturated rings. The van der Waals surface area contributed by atoms with E-state index in [1.54, 1.807) is 0 Å². The maximum Gasteiger partial charge on any atom is 0.303 e. The van der Waals surface area contributed by atoms with Gasteiger partial charge in [0.1, 0.15) is 24.4 Å². The summed E-state index contributed by atoms with van der Waals surface area (Å²) in [6, 6.07) is 0. The van der Waals surface area contributed by atoms with Crippen molar-refractivity contribution < 1.29 is 40.2 Å². The number of hydrogen-bond donors (Lipinski definition) is 6. The van der Waals surface area contributed by atoms with Gasteiger partial charge in [0.05, 0.1) is 6.61 Å². The van der Waals surface area contributed by atoms with E-state index in [9.17, 15) is 4.79 Å². The van der Waals surface area contributed by atoms with E-state index in [1.165, 1.54) is 70.6 Å². The Hall–Kier alpha value is -0.770. The molecular formula is C22H44O8. The van der Waals surface area contributed by atoms with Crippen LogP contribution < -0.4 is 0 Å². The zero-order valence-electron chi connectivity index (χ0n) is 18.5. The predicted octanol–water partition coefficient (Wildman–Crippen LogP) is 2.33. The number of aliphatic carboxylic acids is 1. The number of unbranched alkanes of at least 4 members (excludes halogenated alkanes) is 12. The van der Waals surface area contributed by atoms with Crippen molar-refractivity contribution in [3.8, 4) is 0 Å². The second kappa shape index (κ2) is 19.0. The predicted molar refractivity (Wildman–Crippen MR) is 114 cm³/mol. The maximum atomic E-state index is 10.3. The molecule has 180 valence electrons. The molecule has 0 aliphatic carbocycles. The lowest BCUT2D eigenvalue weighted by molar-refractivity contribution is -0.286. The highest BCUT2D eigenvalue weighted by Crippen LogP contribution is 2.19. The number of carboxylic acid groups (broad SMARTS) is 1. The molecule has 1 aliphatic heterocycles. The molecule has 0 saturated carbocycles. The second-order valence-electron chi connectivity index (χ2n) is 8.11. The molecule has 0 aromatic heterocycles. The molecule has 1 aliphatic rings. The molecule has 0 bridgehead atoms. The molecule has 1 saturated heterocycles. The maximum absolute atomic E-state index is 10.3. The van der Waals surface area contributed by atoms with E-state index in [0.29, 0.717) is 6.42 Å². The van der Waals surface area contributed by atoms with Crippen molar-refractivity contribution in [2.45, 2.75) is 128 Å². The van der Waals surface area contributed by atoms with Crippen LogP contribution in [0.1, 0.15) is 96.8 Å². The number of carboxylic acids is 1. The lowest BCUT2D eigenvalue weighted by atomic mass is 10.00. The van der Waals surface area contributed by atoms with Crippen LogP contribution in [-0.2, 0) is 9.53 Å². The van der Waals surface area contributed by atoms with Gasteiger partial charge in [0.15, 0.2) is 6.29 Å². The fraction of sp³-hybridized carbons (Fsp3) is 0.955. The Morgan fingerprint density at radius 2 is 1.13 bits per heavy atom. The molecule has 0 aromatic carbocycles. The molecule has 8 heteroatoms. The first-order valence-corrected chi connectivity index (χ1v) is 11.6. The molecule has 5 atom stereocenters. The molecular weight excluding hydrogens is 392 g/mol. The van der Waals surface area contributed by atoms with Crippen molar-refractivity contribution in [1.82, 2.24) is 0 Å². The van der Waals surface area contributed by atoms with Gasteiger partial charge in [0.2, 0.25) is 0 Å². The van der Waals surface area contributed by atoms with Gasteiger partial charge in [0, 0.05) is 6.42 Å². The minimum absolute atomic E-state index is 0.345. The van der Waals surface area contributed by atoms with E-state index in [1.807, 2.05) is 0 Å². The zero-order chi connectivity index (χ0) is 22.8. The highest BCUT2D eigenvalue weighted by Gasteiger charge is 2.42. The van der Waals surface area contributed by atoms with Gasteiger partial charge >= 0.3 is 5.97 Å². The molecule has 0 amide bonds. The number of carbonyl (C=O) groups is 1. The van der Waals surface area contributed by atoms with Crippen LogP contribution in [0.15, 0.2) is 0 Å². The van der Waals surface area contributed by atoms with Gasteiger partial charge in [-0.15, -0.1) is 0 Å². The summed E-state index contributed by atoms with van der Waals surface area (Å²) in [5.41, 5.74) is 0. The van der Waals surface area contributed by atoms with E-state index in [4.69, 9.17) is 30.6 Å². The van der Waals surface area contributed by atoms with Crippen molar-refractivity contribution in [3.63, 3.8) is 0 Å². The van der Waals surface area contributed by atoms with Crippen LogP contribution >= 0.6 is 0 Å². The van der Waals surface area contributed by atoms with Gasteiger partial charge in [-0.3, -0.25) is 4.79 Å². The Bertz CT molecular complexity index is 402. The molecule has 0 radical (unpaired) electrons. The van der Waals surface area contributed by atoms with Gasteiger partial charge in [-0.1, -0.05) is 84.0 Å². The van der Waals surface area contributed by atoms with E-state index in [-0.39, 0.29) is 0 Å². The largest absolute Gasteiger partial charge is 0.481 e. The van der Waals surface area contributed by atoms with Crippen LogP contribution in [0.5, 0.6) is 0 Å². The van der Waals surface area contributed by atoms with Crippen molar-refractivity contribution in [2.24, 2.45) is 0 Å². The van der Waals surface area contributed by atoms with E-state index in [0.717, 1.165) is 12.8 Å². The summed E-state index contributed by atoms with van der Waals surface area (Å²) in [4.78, 5) is 10.3. The highest BCUT2D eigenvalue weighted by atomic mass is 16.6. The number of rotatable bonds is 15.